The van der Waals surface area contributed by atoms with Gasteiger partial charge in [0.15, 0.2) is 5.16 Å². The van der Waals surface area contributed by atoms with E-state index < -0.39 is 0 Å². The molecule has 0 bridgehead atoms. The number of rotatable bonds is 6. The molecule has 1 heterocycles. The maximum absolute atomic E-state index is 12.1. The minimum atomic E-state index is -0.0231. The molecule has 0 radical (unpaired) electrons. The van der Waals surface area contributed by atoms with Gasteiger partial charge in [-0.1, -0.05) is 23.9 Å². The van der Waals surface area contributed by atoms with E-state index in [-0.39, 0.29) is 5.91 Å². The van der Waals surface area contributed by atoms with Crippen LogP contribution in [0.3, 0.4) is 0 Å². The van der Waals surface area contributed by atoms with Gasteiger partial charge in [-0.2, -0.15) is 5.26 Å². The van der Waals surface area contributed by atoms with Crippen molar-refractivity contribution in [2.75, 3.05) is 6.26 Å². The van der Waals surface area contributed by atoms with E-state index >= 15 is 0 Å². The van der Waals surface area contributed by atoms with E-state index in [0.29, 0.717) is 24.9 Å². The summed E-state index contributed by atoms with van der Waals surface area (Å²) < 4.78 is 0. The number of amides is 1. The normalized spacial score (nSPS) is 10.2. The highest BCUT2D eigenvalue weighted by Gasteiger charge is 2.10. The van der Waals surface area contributed by atoms with E-state index in [1.165, 1.54) is 11.8 Å². The highest BCUT2D eigenvalue weighted by atomic mass is 32.2. The molecule has 1 aromatic carbocycles. The Balaban J connectivity index is 1.91. The first-order valence-corrected chi connectivity index (χ1v) is 8.89. The summed E-state index contributed by atoms with van der Waals surface area (Å²) in [6.07, 6.45) is 2.96. The third kappa shape index (κ3) is 4.80. The van der Waals surface area contributed by atoms with Gasteiger partial charge in [0, 0.05) is 24.4 Å². The van der Waals surface area contributed by atoms with Gasteiger partial charge in [-0.25, -0.2) is 9.97 Å². The fourth-order valence-electron chi connectivity index (χ4n) is 2.44. The first-order chi connectivity index (χ1) is 11.5. The molecule has 0 aliphatic carbocycles. The van der Waals surface area contributed by atoms with Crippen molar-refractivity contribution >= 4 is 17.7 Å². The Morgan fingerprint density at radius 1 is 1.29 bits per heavy atom. The number of aromatic nitrogens is 2. The van der Waals surface area contributed by atoms with Crippen LogP contribution in [0.1, 0.15) is 34.5 Å². The molecular weight excluding hydrogens is 320 g/mol. The topological polar surface area (TPSA) is 78.7 Å². The average molecular weight is 340 g/mol. The molecule has 0 atom stereocenters. The summed E-state index contributed by atoms with van der Waals surface area (Å²) in [5.41, 5.74) is 4.42. The minimum absolute atomic E-state index is 0.0231. The van der Waals surface area contributed by atoms with Crippen LogP contribution in [-0.2, 0) is 17.8 Å². The van der Waals surface area contributed by atoms with Crippen LogP contribution in [0.4, 0.5) is 0 Å². The quantitative estimate of drug-likeness (QED) is 0.646. The Morgan fingerprint density at radius 3 is 2.62 bits per heavy atom. The van der Waals surface area contributed by atoms with Crippen molar-refractivity contribution in [3.63, 3.8) is 0 Å². The Kier molecular flexibility index (Phi) is 6.33. The summed E-state index contributed by atoms with van der Waals surface area (Å²) in [6, 6.07) is 9.33. The van der Waals surface area contributed by atoms with Gasteiger partial charge >= 0.3 is 0 Å². The zero-order chi connectivity index (χ0) is 17.5. The molecule has 0 aliphatic rings. The number of nitriles is 1. The second-order valence-electron chi connectivity index (χ2n) is 5.45. The first kappa shape index (κ1) is 18.0. The summed E-state index contributed by atoms with van der Waals surface area (Å²) in [7, 11) is 0. The molecule has 2 aromatic rings. The predicted molar refractivity (Wildman–Crippen MR) is 94.6 cm³/mol. The Hall–Kier alpha value is -2.39. The van der Waals surface area contributed by atoms with E-state index in [2.05, 4.69) is 21.4 Å². The number of thioether (sulfide) groups is 1. The second-order valence-corrected chi connectivity index (χ2v) is 6.22. The van der Waals surface area contributed by atoms with Gasteiger partial charge < -0.3 is 5.32 Å². The van der Waals surface area contributed by atoms with Gasteiger partial charge in [-0.3, -0.25) is 4.79 Å². The van der Waals surface area contributed by atoms with E-state index in [4.69, 9.17) is 5.26 Å². The lowest BCUT2D eigenvalue weighted by atomic mass is 10.1. The molecule has 0 saturated heterocycles. The van der Waals surface area contributed by atoms with Crippen LogP contribution in [0.2, 0.25) is 0 Å². The van der Waals surface area contributed by atoms with E-state index in [1.807, 2.05) is 32.2 Å². The van der Waals surface area contributed by atoms with Gasteiger partial charge in [0.2, 0.25) is 5.91 Å². The zero-order valence-corrected chi connectivity index (χ0v) is 14.9. The number of nitrogens with one attached hydrogen (secondary N) is 1. The van der Waals surface area contributed by atoms with Crippen LogP contribution < -0.4 is 5.32 Å². The van der Waals surface area contributed by atoms with E-state index in [9.17, 15) is 4.79 Å². The SMILES string of the molecule is CSc1nc(C)c(CCC(=O)NCc2cccc(C#N)c2)c(C)n1. The van der Waals surface area contributed by atoms with Crippen LogP contribution in [-0.4, -0.2) is 22.1 Å². The fraction of sp³-hybridized carbons (Fsp3) is 0.333. The molecule has 0 spiro atoms. The van der Waals surface area contributed by atoms with Crippen molar-refractivity contribution in [2.24, 2.45) is 0 Å². The molecule has 0 fully saturated rings. The number of hydrogen-bond donors (Lipinski definition) is 1. The summed E-state index contributed by atoms with van der Waals surface area (Å²) in [5, 5.41) is 12.5. The third-order valence-electron chi connectivity index (χ3n) is 3.73. The van der Waals surface area contributed by atoms with Gasteiger partial charge in [0.1, 0.15) is 0 Å². The molecule has 0 aliphatic heterocycles. The van der Waals surface area contributed by atoms with Crippen LogP contribution in [0, 0.1) is 25.2 Å². The zero-order valence-electron chi connectivity index (χ0n) is 14.1. The molecule has 124 valence electrons. The molecule has 24 heavy (non-hydrogen) atoms. The lowest BCUT2D eigenvalue weighted by molar-refractivity contribution is -0.121. The number of carbonyl (C=O) groups is 1. The van der Waals surface area contributed by atoms with Crippen molar-refractivity contribution < 1.29 is 4.79 Å². The maximum atomic E-state index is 12.1. The van der Waals surface area contributed by atoms with E-state index in [0.717, 1.165) is 27.7 Å². The lowest BCUT2D eigenvalue weighted by Gasteiger charge is -2.10. The summed E-state index contributed by atoms with van der Waals surface area (Å²) in [6.45, 7) is 4.33. The number of benzene rings is 1. The summed E-state index contributed by atoms with van der Waals surface area (Å²) in [4.78, 5) is 20.9. The monoisotopic (exact) mass is 340 g/mol. The molecule has 1 aromatic heterocycles. The van der Waals surface area contributed by atoms with Crippen molar-refractivity contribution in [3.8, 4) is 6.07 Å². The number of carbonyl (C=O) groups excluding carboxylic acids is 1. The number of nitrogens with zero attached hydrogens (tertiary/aromatic N) is 3. The third-order valence-corrected chi connectivity index (χ3v) is 4.28. The minimum Gasteiger partial charge on any atom is -0.352 e. The molecule has 5 nitrogen and oxygen atoms in total. The predicted octanol–water partition coefficient (Wildman–Crippen LogP) is 2.94. The van der Waals surface area contributed by atoms with Crippen molar-refractivity contribution in [2.45, 2.75) is 38.4 Å². The number of aryl methyl sites for hydroxylation is 2. The molecule has 0 unspecified atom stereocenters. The highest BCUT2D eigenvalue weighted by Crippen LogP contribution is 2.17. The second kappa shape index (κ2) is 8.46. The molecule has 1 amide bonds. The van der Waals surface area contributed by atoms with Gasteiger partial charge in [0.25, 0.3) is 0 Å². The molecule has 1 N–H and O–H groups in total. The van der Waals surface area contributed by atoms with Crippen molar-refractivity contribution in [1.29, 1.82) is 5.26 Å². The first-order valence-electron chi connectivity index (χ1n) is 7.67. The largest absolute Gasteiger partial charge is 0.352 e. The van der Waals surface area contributed by atoms with E-state index in [1.54, 1.807) is 12.1 Å². The van der Waals surface area contributed by atoms with Crippen LogP contribution in [0.5, 0.6) is 0 Å². The maximum Gasteiger partial charge on any atom is 0.220 e. The van der Waals surface area contributed by atoms with Crippen molar-refractivity contribution in [3.05, 3.63) is 52.3 Å². The molecular formula is C18H20N4OS. The van der Waals surface area contributed by atoms with Crippen LogP contribution in [0.15, 0.2) is 29.4 Å². The van der Waals surface area contributed by atoms with Gasteiger partial charge in [0.05, 0.1) is 11.6 Å². The Morgan fingerprint density at radius 2 is 2.00 bits per heavy atom. The molecule has 0 saturated carbocycles. The summed E-state index contributed by atoms with van der Waals surface area (Å²) >= 11 is 1.51. The standard InChI is InChI=1S/C18H20N4OS/c1-12-16(13(2)22-18(21-12)24-3)7-8-17(23)20-11-15-6-4-5-14(9-15)10-19/h4-6,9H,7-8,11H2,1-3H3,(H,20,23). The Bertz CT molecular complexity index is 760. The Labute approximate surface area is 146 Å². The van der Waals surface area contributed by atoms with Crippen molar-refractivity contribution in [1.82, 2.24) is 15.3 Å². The van der Waals surface area contributed by atoms with Crippen LogP contribution in [0.25, 0.3) is 0 Å². The van der Waals surface area contributed by atoms with Crippen LogP contribution >= 0.6 is 11.8 Å². The number of hydrogen-bond acceptors (Lipinski definition) is 5. The fourth-order valence-corrected chi connectivity index (χ4v) is 2.90. The lowest BCUT2D eigenvalue weighted by Crippen LogP contribution is -2.23. The highest BCUT2D eigenvalue weighted by molar-refractivity contribution is 7.98. The molecule has 6 heteroatoms. The summed E-state index contributed by atoms with van der Waals surface area (Å²) in [5.74, 6) is -0.0231. The van der Waals surface area contributed by atoms with Gasteiger partial charge in [-0.05, 0) is 49.8 Å². The van der Waals surface area contributed by atoms with Gasteiger partial charge in [-0.15, -0.1) is 0 Å². The molecule has 2 rings (SSSR count). The average Bonchev–Trinajstić information content (AvgIpc) is 2.59. The smallest absolute Gasteiger partial charge is 0.220 e.